The summed E-state index contributed by atoms with van der Waals surface area (Å²) < 4.78 is 13.9. The van der Waals surface area contributed by atoms with Crippen molar-refractivity contribution in [3.8, 4) is 0 Å². The molecule has 0 saturated heterocycles. The lowest BCUT2D eigenvalue weighted by molar-refractivity contribution is 0.636. The molecule has 0 spiro atoms. The first-order valence-electron chi connectivity index (χ1n) is 3.56. The van der Waals surface area contributed by atoms with Crippen LogP contribution in [0.15, 0.2) is 22.8 Å². The minimum absolute atomic E-state index is 0.348. The fourth-order valence-electron chi connectivity index (χ4n) is 1.23. The topological polar surface area (TPSA) is 20.1 Å². The summed E-state index contributed by atoms with van der Waals surface area (Å²) in [6, 6.07) is 3.09. The van der Waals surface area contributed by atoms with E-state index in [-0.39, 0.29) is 5.82 Å². The van der Waals surface area contributed by atoms with Gasteiger partial charge in [0, 0.05) is 16.1 Å². The van der Waals surface area contributed by atoms with Crippen LogP contribution in [-0.2, 0) is 0 Å². The van der Waals surface area contributed by atoms with Crippen molar-refractivity contribution >= 4 is 32.5 Å². The Balaban J connectivity index is 2.92. The summed E-state index contributed by atoms with van der Waals surface area (Å²) in [5, 5.41) is 0.613. The summed E-state index contributed by atoms with van der Waals surface area (Å²) >= 11 is 3.17. The maximum atomic E-state index is 13.2. The van der Waals surface area contributed by atoms with Crippen LogP contribution in [0.25, 0.3) is 15.7 Å². The molecule has 0 radical (unpaired) electrons. The van der Waals surface area contributed by atoms with Gasteiger partial charge in [0.1, 0.15) is 5.82 Å². The number of nitrogens with zero attached hydrogens (tertiary/aromatic N) is 1. The Morgan fingerprint density at radius 3 is 2.92 bits per heavy atom. The van der Waals surface area contributed by atoms with Crippen LogP contribution < -0.4 is 0 Å². The van der Waals surface area contributed by atoms with E-state index in [1.54, 1.807) is 6.07 Å². The van der Waals surface area contributed by atoms with Crippen LogP contribution >= 0.6 is 15.9 Å². The molecule has 0 saturated carbocycles. The summed E-state index contributed by atoms with van der Waals surface area (Å²) in [4.78, 5) is 6.00. The molecule has 2 rings (SSSR count). The Labute approximate surface area is 82.3 Å². The molecule has 2 nitrogen and oxygen atoms in total. The van der Waals surface area contributed by atoms with Gasteiger partial charge in [0.15, 0.2) is 0 Å². The van der Waals surface area contributed by atoms with E-state index in [9.17, 15) is 4.39 Å². The number of benzene rings is 1. The second-order valence-electron chi connectivity index (χ2n) is 2.60. The van der Waals surface area contributed by atoms with Gasteiger partial charge >= 0.3 is 0 Å². The summed E-state index contributed by atoms with van der Waals surface area (Å²) in [6.07, 6.45) is 1.51. The number of rotatable bonds is 0. The molecule has 0 unspecified atom stereocenters. The van der Waals surface area contributed by atoms with Crippen LogP contribution in [0.1, 0.15) is 0 Å². The van der Waals surface area contributed by atoms with Crippen molar-refractivity contribution in [2.75, 3.05) is 0 Å². The van der Waals surface area contributed by atoms with Gasteiger partial charge < -0.3 is 4.98 Å². The molecule has 1 heterocycles. The monoisotopic (exact) mass is 238 g/mol. The van der Waals surface area contributed by atoms with Crippen molar-refractivity contribution in [2.24, 2.45) is 0 Å². The molecule has 1 aromatic heterocycles. The number of halogens is 2. The number of hydrogen-bond donors (Lipinski definition) is 1. The molecule has 2 aromatic rings. The smallest absolute Gasteiger partial charge is 0.211 e. The quantitative estimate of drug-likeness (QED) is 0.677. The maximum absolute atomic E-state index is 13.2. The minimum atomic E-state index is -0.348. The lowest BCUT2D eigenvalue weighted by atomic mass is 10.2. The molecule has 0 atom stereocenters. The van der Waals surface area contributed by atoms with Crippen molar-refractivity contribution in [1.82, 2.24) is 4.98 Å². The number of aromatic nitrogens is 1. The summed E-state index contributed by atoms with van der Waals surface area (Å²) in [5.74, 6) is -0.348. The third-order valence-corrected chi connectivity index (χ3v) is 2.26. The SMILES string of the molecule is [C-]#[N+]c1c[nH]c2c(F)cc(Br)cc12. The standard InChI is InChI=1S/C9H4BrFN2/c1-12-8-4-13-9-6(8)2-5(10)3-7(9)11/h2-4,13H. The third-order valence-electron chi connectivity index (χ3n) is 1.80. The zero-order valence-electron chi connectivity index (χ0n) is 6.44. The Morgan fingerprint density at radius 1 is 1.46 bits per heavy atom. The lowest BCUT2D eigenvalue weighted by Gasteiger charge is -1.94. The van der Waals surface area contributed by atoms with E-state index in [0.717, 1.165) is 0 Å². The van der Waals surface area contributed by atoms with E-state index in [1.165, 1.54) is 12.3 Å². The van der Waals surface area contributed by atoms with Gasteiger partial charge in [-0.1, -0.05) is 15.9 Å². The second-order valence-corrected chi connectivity index (χ2v) is 3.51. The van der Waals surface area contributed by atoms with Crippen LogP contribution in [0.5, 0.6) is 0 Å². The molecule has 1 N–H and O–H groups in total. The largest absolute Gasteiger partial charge is 0.370 e. The average Bonchev–Trinajstić information content (AvgIpc) is 2.47. The van der Waals surface area contributed by atoms with E-state index < -0.39 is 0 Å². The highest BCUT2D eigenvalue weighted by atomic mass is 79.9. The van der Waals surface area contributed by atoms with E-state index in [4.69, 9.17) is 6.57 Å². The molecule has 0 amide bonds. The van der Waals surface area contributed by atoms with Crippen molar-refractivity contribution in [1.29, 1.82) is 0 Å². The zero-order valence-corrected chi connectivity index (χ0v) is 8.02. The van der Waals surface area contributed by atoms with E-state index in [1.807, 2.05) is 0 Å². The summed E-state index contributed by atoms with van der Waals surface area (Å²) in [7, 11) is 0. The number of hydrogen-bond acceptors (Lipinski definition) is 0. The normalized spacial score (nSPS) is 10.2. The molecule has 0 aliphatic heterocycles. The fourth-order valence-corrected chi connectivity index (χ4v) is 1.66. The van der Waals surface area contributed by atoms with Gasteiger partial charge in [0.05, 0.1) is 12.1 Å². The Morgan fingerprint density at radius 2 is 2.23 bits per heavy atom. The van der Waals surface area contributed by atoms with Crippen molar-refractivity contribution in [3.05, 3.63) is 40.0 Å². The van der Waals surface area contributed by atoms with Crippen LogP contribution in [0.3, 0.4) is 0 Å². The molecule has 0 bridgehead atoms. The van der Waals surface area contributed by atoms with Gasteiger partial charge in [-0.3, -0.25) is 0 Å². The highest BCUT2D eigenvalue weighted by Crippen LogP contribution is 2.30. The van der Waals surface area contributed by atoms with Crippen molar-refractivity contribution in [2.45, 2.75) is 0 Å². The van der Waals surface area contributed by atoms with Crippen LogP contribution in [-0.4, -0.2) is 4.98 Å². The zero-order chi connectivity index (χ0) is 9.42. The lowest BCUT2D eigenvalue weighted by Crippen LogP contribution is -1.77. The predicted octanol–water partition coefficient (Wildman–Crippen LogP) is 3.62. The number of fused-ring (bicyclic) bond motifs is 1. The highest BCUT2D eigenvalue weighted by Gasteiger charge is 2.08. The molecule has 64 valence electrons. The predicted molar refractivity (Wildman–Crippen MR) is 52.2 cm³/mol. The Hall–Kier alpha value is -1.34. The number of H-pyrrole nitrogens is 1. The molecule has 4 heteroatoms. The van der Waals surface area contributed by atoms with Crippen molar-refractivity contribution in [3.63, 3.8) is 0 Å². The molecule has 0 aliphatic carbocycles. The minimum Gasteiger partial charge on any atom is -0.370 e. The first-order valence-corrected chi connectivity index (χ1v) is 4.35. The van der Waals surface area contributed by atoms with E-state index in [2.05, 4.69) is 25.8 Å². The van der Waals surface area contributed by atoms with Gasteiger partial charge in [-0.2, -0.15) is 0 Å². The first-order chi connectivity index (χ1) is 6.22. The highest BCUT2D eigenvalue weighted by molar-refractivity contribution is 9.10. The molecular formula is C9H4BrFN2. The van der Waals surface area contributed by atoms with Gasteiger partial charge in [0.25, 0.3) is 0 Å². The fraction of sp³-hybridized carbons (Fsp3) is 0. The molecular weight excluding hydrogens is 235 g/mol. The Bertz CT molecular complexity index is 510. The van der Waals surface area contributed by atoms with Crippen LogP contribution in [0.2, 0.25) is 0 Å². The van der Waals surface area contributed by atoms with Gasteiger partial charge in [-0.05, 0) is 12.1 Å². The van der Waals surface area contributed by atoms with Gasteiger partial charge in [0.2, 0.25) is 5.69 Å². The number of nitrogens with one attached hydrogen (secondary N) is 1. The Kier molecular flexibility index (Phi) is 1.82. The third kappa shape index (κ3) is 1.21. The first kappa shape index (κ1) is 8.27. The summed E-state index contributed by atoms with van der Waals surface area (Å²) in [6.45, 7) is 6.85. The second kappa shape index (κ2) is 2.86. The molecule has 0 fully saturated rings. The van der Waals surface area contributed by atoms with E-state index in [0.29, 0.717) is 21.1 Å². The van der Waals surface area contributed by atoms with Crippen molar-refractivity contribution < 1.29 is 4.39 Å². The molecule has 0 aliphatic rings. The summed E-state index contributed by atoms with van der Waals surface area (Å²) in [5.41, 5.74) is 0.824. The molecule has 1 aromatic carbocycles. The van der Waals surface area contributed by atoms with Crippen LogP contribution in [0, 0.1) is 12.4 Å². The van der Waals surface area contributed by atoms with Gasteiger partial charge in [-0.25, -0.2) is 9.24 Å². The van der Waals surface area contributed by atoms with Gasteiger partial charge in [-0.15, -0.1) is 0 Å². The van der Waals surface area contributed by atoms with Crippen LogP contribution in [0.4, 0.5) is 10.1 Å². The molecule has 13 heavy (non-hydrogen) atoms. The number of aromatic amines is 1. The van der Waals surface area contributed by atoms with E-state index >= 15 is 0 Å². The average molecular weight is 239 g/mol. The maximum Gasteiger partial charge on any atom is 0.211 e.